The Kier molecular flexibility index (Phi) is 2.82. The minimum Gasteiger partial charge on any atom is -0.492 e. The molecule has 20 heavy (non-hydrogen) atoms. The van der Waals surface area contributed by atoms with Crippen LogP contribution in [0.15, 0.2) is 21.0 Å². The number of ether oxygens (including phenoxy) is 1. The number of rotatable bonds is 3. The molecule has 0 saturated carbocycles. The Morgan fingerprint density at radius 2 is 1.70 bits per heavy atom. The number of aryl methyl sites for hydroxylation is 2. The standard InChI is InChI=1S/C16H16O4/c1-8(17)5-11-12-6-9(2)20-16(12)15(18-4)13-7-10(3)19-14(11)13/h6-7H,5H2,1-4H3. The van der Waals surface area contributed by atoms with Crippen molar-refractivity contribution in [2.75, 3.05) is 7.11 Å². The molecular formula is C16H16O4. The predicted molar refractivity (Wildman–Crippen MR) is 76.4 cm³/mol. The Morgan fingerprint density at radius 1 is 1.10 bits per heavy atom. The average molecular weight is 272 g/mol. The third-order valence-electron chi connectivity index (χ3n) is 3.39. The molecule has 0 aliphatic carbocycles. The van der Waals surface area contributed by atoms with E-state index in [0.717, 1.165) is 27.9 Å². The lowest BCUT2D eigenvalue weighted by Crippen LogP contribution is -1.98. The monoisotopic (exact) mass is 272 g/mol. The van der Waals surface area contributed by atoms with Crippen molar-refractivity contribution in [3.05, 3.63) is 29.2 Å². The highest BCUT2D eigenvalue weighted by Gasteiger charge is 2.21. The Bertz CT molecular complexity index is 762. The minimum absolute atomic E-state index is 0.0886. The number of Topliss-reactive ketones (excluding diaryl/α,β-unsaturated/α-hetero) is 1. The maximum absolute atomic E-state index is 11.6. The summed E-state index contributed by atoms with van der Waals surface area (Å²) in [6.45, 7) is 5.33. The fraction of sp³-hybridized carbons (Fsp3) is 0.312. The van der Waals surface area contributed by atoms with Crippen molar-refractivity contribution in [1.29, 1.82) is 0 Å². The molecule has 0 atom stereocenters. The Balaban J connectivity index is 2.50. The van der Waals surface area contributed by atoms with E-state index in [1.54, 1.807) is 14.0 Å². The van der Waals surface area contributed by atoms with Crippen LogP contribution in [-0.2, 0) is 11.2 Å². The van der Waals surface area contributed by atoms with Crippen LogP contribution < -0.4 is 4.74 Å². The molecular weight excluding hydrogens is 256 g/mol. The van der Waals surface area contributed by atoms with Crippen LogP contribution in [-0.4, -0.2) is 12.9 Å². The van der Waals surface area contributed by atoms with Gasteiger partial charge < -0.3 is 13.6 Å². The second kappa shape index (κ2) is 4.40. The second-order valence-corrected chi connectivity index (χ2v) is 5.09. The largest absolute Gasteiger partial charge is 0.492 e. The Morgan fingerprint density at radius 3 is 2.30 bits per heavy atom. The Labute approximate surface area is 116 Å². The zero-order valence-electron chi connectivity index (χ0n) is 12.0. The zero-order valence-corrected chi connectivity index (χ0v) is 12.0. The van der Waals surface area contributed by atoms with E-state index in [2.05, 4.69) is 0 Å². The first-order chi connectivity index (χ1) is 9.51. The van der Waals surface area contributed by atoms with Crippen molar-refractivity contribution in [3.63, 3.8) is 0 Å². The van der Waals surface area contributed by atoms with E-state index in [1.165, 1.54) is 0 Å². The normalized spacial score (nSPS) is 11.4. The van der Waals surface area contributed by atoms with Gasteiger partial charge in [-0.15, -0.1) is 0 Å². The van der Waals surface area contributed by atoms with Gasteiger partial charge in [0.2, 0.25) is 0 Å². The summed E-state index contributed by atoms with van der Waals surface area (Å²) in [6.07, 6.45) is 0.322. The smallest absolute Gasteiger partial charge is 0.177 e. The van der Waals surface area contributed by atoms with Gasteiger partial charge in [-0.1, -0.05) is 0 Å². The molecule has 0 unspecified atom stereocenters. The van der Waals surface area contributed by atoms with E-state index < -0.39 is 0 Å². The summed E-state index contributed by atoms with van der Waals surface area (Å²) in [5.41, 5.74) is 2.26. The molecule has 0 N–H and O–H groups in total. The van der Waals surface area contributed by atoms with Crippen LogP contribution in [0.3, 0.4) is 0 Å². The van der Waals surface area contributed by atoms with E-state index in [0.29, 0.717) is 23.3 Å². The van der Waals surface area contributed by atoms with Gasteiger partial charge in [0.05, 0.1) is 12.5 Å². The van der Waals surface area contributed by atoms with E-state index in [9.17, 15) is 4.79 Å². The SMILES string of the molecule is COc1c2cc(C)oc2c(CC(C)=O)c2cc(C)oc12. The highest BCUT2D eigenvalue weighted by molar-refractivity contribution is 6.06. The molecule has 0 fully saturated rings. The van der Waals surface area contributed by atoms with E-state index in [1.807, 2.05) is 26.0 Å². The summed E-state index contributed by atoms with van der Waals surface area (Å²) in [4.78, 5) is 11.6. The summed E-state index contributed by atoms with van der Waals surface area (Å²) < 4.78 is 17.0. The van der Waals surface area contributed by atoms with Gasteiger partial charge in [-0.2, -0.15) is 0 Å². The first-order valence-corrected chi connectivity index (χ1v) is 6.49. The topological polar surface area (TPSA) is 52.6 Å². The van der Waals surface area contributed by atoms with E-state index in [-0.39, 0.29) is 5.78 Å². The van der Waals surface area contributed by atoms with Crippen LogP contribution >= 0.6 is 0 Å². The van der Waals surface area contributed by atoms with Gasteiger partial charge in [0.25, 0.3) is 0 Å². The van der Waals surface area contributed by atoms with Crippen LogP contribution in [0.4, 0.5) is 0 Å². The predicted octanol–water partition coefficient (Wildman–Crippen LogP) is 3.94. The number of furan rings is 2. The van der Waals surface area contributed by atoms with Gasteiger partial charge in [0.1, 0.15) is 22.9 Å². The van der Waals surface area contributed by atoms with Crippen LogP contribution in [0, 0.1) is 13.8 Å². The number of benzene rings is 1. The summed E-state index contributed by atoms with van der Waals surface area (Å²) in [5, 5.41) is 1.74. The van der Waals surface area contributed by atoms with Crippen LogP contribution in [0.1, 0.15) is 24.0 Å². The third kappa shape index (κ3) is 1.80. The molecule has 2 heterocycles. The minimum atomic E-state index is 0.0886. The molecule has 0 spiro atoms. The molecule has 3 aromatic rings. The highest BCUT2D eigenvalue weighted by Crippen LogP contribution is 2.41. The number of carbonyl (C=O) groups excluding carboxylic acids is 1. The van der Waals surface area contributed by atoms with Gasteiger partial charge in [0.15, 0.2) is 11.3 Å². The molecule has 1 aromatic carbocycles. The fourth-order valence-corrected chi connectivity index (χ4v) is 2.69. The molecule has 0 saturated heterocycles. The number of carbonyl (C=O) groups is 1. The summed E-state index contributed by atoms with van der Waals surface area (Å²) in [6, 6.07) is 3.84. The van der Waals surface area contributed by atoms with E-state index in [4.69, 9.17) is 13.6 Å². The molecule has 4 nitrogen and oxygen atoms in total. The van der Waals surface area contributed by atoms with Crippen molar-refractivity contribution in [3.8, 4) is 5.75 Å². The lowest BCUT2D eigenvalue weighted by Gasteiger charge is -2.07. The lowest BCUT2D eigenvalue weighted by molar-refractivity contribution is -0.116. The first kappa shape index (κ1) is 12.8. The summed E-state index contributed by atoms with van der Waals surface area (Å²) >= 11 is 0. The number of hydrogen-bond acceptors (Lipinski definition) is 4. The average Bonchev–Trinajstić information content (AvgIpc) is 2.91. The number of ketones is 1. The molecule has 4 heteroatoms. The summed E-state index contributed by atoms with van der Waals surface area (Å²) in [5.74, 6) is 2.32. The number of fused-ring (bicyclic) bond motifs is 2. The molecule has 0 aliphatic rings. The third-order valence-corrected chi connectivity index (χ3v) is 3.39. The molecule has 3 rings (SSSR count). The van der Waals surface area contributed by atoms with Crippen molar-refractivity contribution >= 4 is 27.7 Å². The van der Waals surface area contributed by atoms with Gasteiger partial charge in [-0.3, -0.25) is 4.79 Å². The zero-order chi connectivity index (χ0) is 14.4. The van der Waals surface area contributed by atoms with Crippen molar-refractivity contribution < 1.29 is 18.4 Å². The number of hydrogen-bond donors (Lipinski definition) is 0. The molecule has 2 aromatic heterocycles. The van der Waals surface area contributed by atoms with Gasteiger partial charge in [-0.05, 0) is 32.9 Å². The maximum atomic E-state index is 11.6. The lowest BCUT2D eigenvalue weighted by atomic mass is 10.0. The van der Waals surface area contributed by atoms with Crippen LogP contribution in [0.5, 0.6) is 5.75 Å². The van der Waals surface area contributed by atoms with Crippen LogP contribution in [0.2, 0.25) is 0 Å². The maximum Gasteiger partial charge on any atom is 0.177 e. The summed E-state index contributed by atoms with van der Waals surface area (Å²) in [7, 11) is 1.61. The van der Waals surface area contributed by atoms with Gasteiger partial charge in [-0.25, -0.2) is 0 Å². The molecule has 104 valence electrons. The molecule has 0 bridgehead atoms. The molecule has 0 aliphatic heterocycles. The molecule has 0 amide bonds. The van der Waals surface area contributed by atoms with Gasteiger partial charge >= 0.3 is 0 Å². The molecule has 0 radical (unpaired) electrons. The van der Waals surface area contributed by atoms with E-state index >= 15 is 0 Å². The first-order valence-electron chi connectivity index (χ1n) is 6.49. The highest BCUT2D eigenvalue weighted by atomic mass is 16.5. The van der Waals surface area contributed by atoms with Crippen molar-refractivity contribution in [1.82, 2.24) is 0 Å². The quantitative estimate of drug-likeness (QED) is 0.724. The number of methoxy groups -OCH3 is 1. The van der Waals surface area contributed by atoms with Crippen LogP contribution in [0.25, 0.3) is 21.9 Å². The Hall–Kier alpha value is -2.23. The van der Waals surface area contributed by atoms with Gasteiger partial charge in [0, 0.05) is 17.4 Å². The second-order valence-electron chi connectivity index (χ2n) is 5.09. The fourth-order valence-electron chi connectivity index (χ4n) is 2.69. The van der Waals surface area contributed by atoms with Crippen molar-refractivity contribution in [2.24, 2.45) is 0 Å². The van der Waals surface area contributed by atoms with Crippen molar-refractivity contribution in [2.45, 2.75) is 27.2 Å².